The topological polar surface area (TPSA) is 145 Å². The Morgan fingerprint density at radius 2 is 0.963 bits per heavy atom. The molecule has 2 fully saturated rings. The van der Waals surface area contributed by atoms with E-state index in [2.05, 4.69) is 19.2 Å². The van der Waals surface area contributed by atoms with Crippen molar-refractivity contribution in [2.75, 3.05) is 13.2 Å². The summed E-state index contributed by atoms with van der Waals surface area (Å²) in [7, 11) is 0. The molecule has 8 atom stereocenters. The number of rotatable bonds is 39. The summed E-state index contributed by atoms with van der Waals surface area (Å²) in [6, 6.07) is 34.3. The number of hydrogen-bond donors (Lipinski definition) is 1. The fourth-order valence-electron chi connectivity index (χ4n) is 10.4. The van der Waals surface area contributed by atoms with Crippen LogP contribution in [0.2, 0.25) is 0 Å². The van der Waals surface area contributed by atoms with Crippen LogP contribution in [0.15, 0.2) is 133 Å². The van der Waals surface area contributed by atoms with Crippen molar-refractivity contribution in [3.8, 4) is 0 Å². The molecule has 1 amide bonds. The number of amides is 1. The number of ether oxygens (including phenoxy) is 7. The number of fused-ring (bicyclic) bond motifs is 1. The van der Waals surface area contributed by atoms with Gasteiger partial charge in [-0.25, -0.2) is 14.4 Å². The van der Waals surface area contributed by atoms with Gasteiger partial charge in [0.05, 0.1) is 35.9 Å². The third-order valence-corrected chi connectivity index (χ3v) is 15.1. The molecule has 0 spiro atoms. The molecule has 436 valence electrons. The van der Waals surface area contributed by atoms with E-state index in [0.29, 0.717) is 12.0 Å². The molecule has 1 N–H and O–H groups in total. The Kier molecular flexibility index (Phi) is 30.3. The fourth-order valence-corrected chi connectivity index (χ4v) is 10.4. The molecular formula is C68H93NO11. The monoisotopic (exact) mass is 1100 g/mol. The summed E-state index contributed by atoms with van der Waals surface area (Å²) < 4.78 is 45.3. The predicted octanol–water partition coefficient (Wildman–Crippen LogP) is 15.7. The lowest BCUT2D eigenvalue weighted by atomic mass is 9.96. The van der Waals surface area contributed by atoms with Gasteiger partial charge in [-0.15, -0.1) is 0 Å². The van der Waals surface area contributed by atoms with Crippen molar-refractivity contribution in [1.82, 2.24) is 5.32 Å². The molecule has 12 heteroatoms. The number of carbonyl (C=O) groups excluding carboxylic acids is 4. The van der Waals surface area contributed by atoms with Gasteiger partial charge in [0.15, 0.2) is 24.8 Å². The quantitative estimate of drug-likeness (QED) is 0.0197. The van der Waals surface area contributed by atoms with Crippen LogP contribution in [0.25, 0.3) is 0 Å². The van der Waals surface area contributed by atoms with Gasteiger partial charge in [-0.05, 0) is 61.7 Å². The van der Waals surface area contributed by atoms with Gasteiger partial charge >= 0.3 is 17.9 Å². The molecule has 2 aliphatic rings. The zero-order valence-electron chi connectivity index (χ0n) is 48.1. The second-order valence-corrected chi connectivity index (χ2v) is 21.7. The largest absolute Gasteiger partial charge is 0.452 e. The lowest BCUT2D eigenvalue weighted by molar-refractivity contribution is -0.360. The first-order valence-electron chi connectivity index (χ1n) is 30.7. The number of benzene rings is 4. The van der Waals surface area contributed by atoms with E-state index < -0.39 is 67.0 Å². The van der Waals surface area contributed by atoms with E-state index in [9.17, 15) is 19.2 Å². The lowest BCUT2D eigenvalue weighted by Crippen LogP contribution is -2.64. The van der Waals surface area contributed by atoms with Crippen LogP contribution in [0, 0.1) is 0 Å². The number of nitrogens with one attached hydrogen (secondary N) is 1. The van der Waals surface area contributed by atoms with Crippen molar-refractivity contribution < 1.29 is 52.3 Å². The van der Waals surface area contributed by atoms with E-state index in [4.69, 9.17) is 33.2 Å². The van der Waals surface area contributed by atoms with Crippen LogP contribution in [0.1, 0.15) is 224 Å². The van der Waals surface area contributed by atoms with Crippen molar-refractivity contribution in [2.45, 2.75) is 230 Å². The van der Waals surface area contributed by atoms with Crippen LogP contribution in [0.4, 0.5) is 0 Å². The maximum absolute atomic E-state index is 14.2. The molecule has 0 saturated carbocycles. The third kappa shape index (κ3) is 23.1. The zero-order valence-corrected chi connectivity index (χ0v) is 48.1. The van der Waals surface area contributed by atoms with Gasteiger partial charge in [0.25, 0.3) is 0 Å². The molecule has 2 heterocycles. The van der Waals surface area contributed by atoms with Gasteiger partial charge in [0, 0.05) is 12.0 Å². The van der Waals surface area contributed by atoms with E-state index in [-0.39, 0.29) is 36.7 Å². The summed E-state index contributed by atoms with van der Waals surface area (Å²) in [5.41, 5.74) is 1.63. The zero-order chi connectivity index (χ0) is 56.2. The molecule has 80 heavy (non-hydrogen) atoms. The summed E-state index contributed by atoms with van der Waals surface area (Å²) >= 11 is 0. The van der Waals surface area contributed by atoms with Crippen molar-refractivity contribution in [2.24, 2.45) is 0 Å². The van der Waals surface area contributed by atoms with Crippen molar-refractivity contribution >= 4 is 23.8 Å². The molecule has 0 aliphatic carbocycles. The molecule has 4 aromatic rings. The second-order valence-electron chi connectivity index (χ2n) is 21.7. The Labute approximate surface area is 478 Å². The molecule has 2 saturated heterocycles. The molecule has 0 bridgehead atoms. The van der Waals surface area contributed by atoms with Gasteiger partial charge in [0.1, 0.15) is 18.3 Å². The summed E-state index contributed by atoms with van der Waals surface area (Å²) in [4.78, 5) is 56.4. The highest BCUT2D eigenvalue weighted by Gasteiger charge is 2.54. The Bertz CT molecular complexity index is 2330. The highest BCUT2D eigenvalue weighted by atomic mass is 16.8. The first-order valence-corrected chi connectivity index (χ1v) is 30.7. The Morgan fingerprint density at radius 1 is 0.525 bits per heavy atom. The Morgan fingerprint density at radius 3 is 1.46 bits per heavy atom. The van der Waals surface area contributed by atoms with E-state index in [1.165, 1.54) is 109 Å². The van der Waals surface area contributed by atoms with E-state index in [1.54, 1.807) is 84.9 Å². The van der Waals surface area contributed by atoms with Crippen molar-refractivity contribution in [3.05, 3.63) is 156 Å². The minimum absolute atomic E-state index is 0.0151. The van der Waals surface area contributed by atoms with E-state index >= 15 is 0 Å². The molecule has 0 radical (unpaired) electrons. The number of allylic oxidation sites excluding steroid dienone is 1. The minimum Gasteiger partial charge on any atom is -0.452 e. The first-order chi connectivity index (χ1) is 39.3. The summed E-state index contributed by atoms with van der Waals surface area (Å²) in [6.45, 7) is 4.26. The predicted molar refractivity (Wildman–Crippen MR) is 314 cm³/mol. The van der Waals surface area contributed by atoms with Crippen molar-refractivity contribution in [3.63, 3.8) is 0 Å². The highest BCUT2D eigenvalue weighted by molar-refractivity contribution is 5.91. The van der Waals surface area contributed by atoms with Crippen LogP contribution in [-0.2, 0) is 38.0 Å². The average molecular weight is 1100 g/mol. The molecular weight excluding hydrogens is 1010 g/mol. The lowest BCUT2D eigenvalue weighted by Gasteiger charge is -2.48. The molecule has 2 aliphatic heterocycles. The van der Waals surface area contributed by atoms with Gasteiger partial charge in [0.2, 0.25) is 5.91 Å². The van der Waals surface area contributed by atoms with Crippen LogP contribution < -0.4 is 5.32 Å². The van der Waals surface area contributed by atoms with Crippen molar-refractivity contribution in [1.29, 1.82) is 0 Å². The number of esters is 3. The van der Waals surface area contributed by atoms with Crippen LogP contribution in [0.5, 0.6) is 0 Å². The van der Waals surface area contributed by atoms with Gasteiger partial charge in [-0.3, -0.25) is 4.79 Å². The standard InChI is InChI=1S/C68H93NO11/c1-3-5-7-9-11-13-15-17-19-21-23-25-39-49-58(76-64(71)53-41-31-27-32-42-53)57(69-60(70)50-40-26-24-22-20-18-16-14-12-10-8-6-4-2)51-74-68-63(79-66(73)55-45-35-29-36-46-55)62(78-65(72)54-43-33-28-34-44-54)61-59(77-68)52-75-67(80-61)56-47-37-30-38-48-56/h27-39,41-49,57-59,61-63,67-68H,3-26,40,50-52H2,1-2H3,(H,69,70)/t57-,58+,59+,61+,62-,63+,67?,68+/m0/s1. The highest BCUT2D eigenvalue weighted by Crippen LogP contribution is 2.38. The summed E-state index contributed by atoms with van der Waals surface area (Å²) in [5, 5.41) is 3.19. The van der Waals surface area contributed by atoms with Crippen LogP contribution in [0.3, 0.4) is 0 Å². The van der Waals surface area contributed by atoms with Gasteiger partial charge in [-0.2, -0.15) is 0 Å². The molecule has 4 aromatic carbocycles. The average Bonchev–Trinajstić information content (AvgIpc) is 3.54. The normalized spacial score (nSPS) is 19.6. The van der Waals surface area contributed by atoms with E-state index in [1.807, 2.05) is 48.6 Å². The Balaban J connectivity index is 1.22. The minimum atomic E-state index is -1.39. The second kappa shape index (κ2) is 38.1. The fraction of sp³-hybridized carbons (Fsp3) is 0.559. The first kappa shape index (κ1) is 63.5. The smallest absolute Gasteiger partial charge is 0.338 e. The molecule has 12 nitrogen and oxygen atoms in total. The summed E-state index contributed by atoms with van der Waals surface area (Å²) in [6.07, 6.45) is 26.1. The molecule has 1 unspecified atom stereocenters. The Hall–Kier alpha value is -5.66. The van der Waals surface area contributed by atoms with Crippen LogP contribution in [-0.4, -0.2) is 79.9 Å². The maximum atomic E-state index is 14.2. The third-order valence-electron chi connectivity index (χ3n) is 15.1. The van der Waals surface area contributed by atoms with Crippen LogP contribution >= 0.6 is 0 Å². The number of hydrogen-bond acceptors (Lipinski definition) is 11. The molecule has 6 rings (SSSR count). The summed E-state index contributed by atoms with van der Waals surface area (Å²) in [5.74, 6) is -2.15. The SMILES string of the molecule is CCCCCCCCCCCCCC=C[C@@H](OC(=O)c1ccccc1)[C@H](CO[C@@H]1O[C@@H]2COC(c3ccccc3)O[C@H]2[C@H](OC(=O)c2ccccc2)[C@H]1OC(=O)c1ccccc1)NC(=O)CCCCCCCCCCCCCCC. The van der Waals surface area contributed by atoms with E-state index in [0.717, 1.165) is 50.5 Å². The van der Waals surface area contributed by atoms with Gasteiger partial charge in [-0.1, -0.05) is 246 Å². The maximum Gasteiger partial charge on any atom is 0.338 e. The molecule has 0 aromatic heterocycles. The van der Waals surface area contributed by atoms with Gasteiger partial charge < -0.3 is 38.5 Å². The number of unbranched alkanes of at least 4 members (excludes halogenated alkanes) is 23. The number of carbonyl (C=O) groups is 4.